The fraction of sp³-hybridized carbons (Fsp3) is 0.941. The van der Waals surface area contributed by atoms with Crippen molar-refractivity contribution in [2.45, 2.75) is 50.9 Å². The molecule has 0 aromatic carbocycles. The molecule has 0 unspecified atom stereocenters. The van der Waals surface area contributed by atoms with Crippen LogP contribution in [0.25, 0.3) is 0 Å². The van der Waals surface area contributed by atoms with Crippen LogP contribution in [0.1, 0.15) is 32.6 Å². The summed E-state index contributed by atoms with van der Waals surface area (Å²) in [6.07, 6.45) is 3.16. The zero-order chi connectivity index (χ0) is 16.2. The largest absolute Gasteiger partial charge is 0.388 e. The average Bonchev–Trinajstić information content (AvgIpc) is 2.91. The van der Waals surface area contributed by atoms with Crippen LogP contribution in [0.2, 0.25) is 0 Å². The van der Waals surface area contributed by atoms with Crippen molar-refractivity contribution < 1.29 is 19.4 Å². The Balaban J connectivity index is 1.44. The highest BCUT2D eigenvalue weighted by molar-refractivity contribution is 5.79. The first-order valence-electron chi connectivity index (χ1n) is 9.03. The van der Waals surface area contributed by atoms with Gasteiger partial charge in [0.1, 0.15) is 6.10 Å². The van der Waals surface area contributed by atoms with Crippen molar-refractivity contribution in [3.63, 3.8) is 0 Å². The van der Waals surface area contributed by atoms with E-state index in [0.717, 1.165) is 38.4 Å². The van der Waals surface area contributed by atoms with E-state index in [2.05, 4.69) is 17.1 Å². The highest BCUT2D eigenvalue weighted by Crippen LogP contribution is 2.21. The molecule has 3 rings (SSSR count). The Morgan fingerprint density at radius 1 is 1.22 bits per heavy atom. The van der Waals surface area contributed by atoms with Gasteiger partial charge < -0.3 is 24.8 Å². The first-order valence-corrected chi connectivity index (χ1v) is 9.03. The third-order valence-corrected chi connectivity index (χ3v) is 5.52. The van der Waals surface area contributed by atoms with Crippen molar-refractivity contribution in [2.75, 3.05) is 39.5 Å². The molecule has 3 heterocycles. The highest BCUT2D eigenvalue weighted by atomic mass is 16.5. The first kappa shape index (κ1) is 17.1. The van der Waals surface area contributed by atoms with Crippen molar-refractivity contribution >= 4 is 5.91 Å². The Morgan fingerprint density at radius 3 is 2.61 bits per heavy atom. The van der Waals surface area contributed by atoms with E-state index in [1.807, 2.05) is 0 Å². The summed E-state index contributed by atoms with van der Waals surface area (Å²) in [6, 6.07) is -0.279. The Hall–Kier alpha value is -0.690. The number of nitrogens with one attached hydrogen (secondary N) is 1. The van der Waals surface area contributed by atoms with E-state index >= 15 is 0 Å². The summed E-state index contributed by atoms with van der Waals surface area (Å²) >= 11 is 0. The summed E-state index contributed by atoms with van der Waals surface area (Å²) in [5, 5.41) is 13.5. The first-order chi connectivity index (χ1) is 11.1. The normalized spacial score (nSPS) is 34.6. The number of hydrogen-bond acceptors (Lipinski definition) is 5. The predicted octanol–water partition coefficient (Wildman–Crippen LogP) is 0.389. The predicted molar refractivity (Wildman–Crippen MR) is 86.1 cm³/mol. The number of aliphatic hydroxyl groups is 1. The molecule has 3 saturated heterocycles. The van der Waals surface area contributed by atoms with Gasteiger partial charge in [0.05, 0.1) is 18.8 Å². The van der Waals surface area contributed by atoms with Crippen LogP contribution in [0.15, 0.2) is 0 Å². The minimum Gasteiger partial charge on any atom is -0.388 e. The molecule has 0 aromatic rings. The number of piperidine rings is 1. The summed E-state index contributed by atoms with van der Waals surface area (Å²) in [5.41, 5.74) is 0. The van der Waals surface area contributed by atoms with E-state index in [0.29, 0.717) is 19.8 Å². The van der Waals surface area contributed by atoms with Crippen molar-refractivity contribution in [1.29, 1.82) is 0 Å². The van der Waals surface area contributed by atoms with Gasteiger partial charge in [0.2, 0.25) is 5.91 Å². The molecule has 132 valence electrons. The minimum atomic E-state index is -0.613. The molecule has 0 spiro atoms. The second-order valence-electron chi connectivity index (χ2n) is 7.35. The Bertz CT molecular complexity index is 392. The van der Waals surface area contributed by atoms with E-state index < -0.39 is 6.10 Å². The summed E-state index contributed by atoms with van der Waals surface area (Å²) in [5.74, 6) is 0.846. The molecule has 3 fully saturated rings. The molecule has 0 bridgehead atoms. The van der Waals surface area contributed by atoms with Crippen LogP contribution in [0.5, 0.6) is 0 Å². The molecule has 23 heavy (non-hydrogen) atoms. The molecule has 0 radical (unpaired) electrons. The van der Waals surface area contributed by atoms with Gasteiger partial charge in [0.25, 0.3) is 0 Å². The molecule has 0 saturated carbocycles. The minimum absolute atomic E-state index is 0.0126. The highest BCUT2D eigenvalue weighted by Gasteiger charge is 2.38. The van der Waals surface area contributed by atoms with Gasteiger partial charge in [-0.05, 0) is 44.7 Å². The van der Waals surface area contributed by atoms with Crippen molar-refractivity contribution in [3.05, 3.63) is 0 Å². The SMILES string of the molecule is CC1CCN(C[C@@H]2OC[C@H](NC(=O)C3CCOCC3)[C@H]2O)CC1. The molecule has 1 amide bonds. The van der Waals surface area contributed by atoms with E-state index in [1.165, 1.54) is 12.8 Å². The Labute approximate surface area is 138 Å². The van der Waals surface area contributed by atoms with E-state index in [9.17, 15) is 9.90 Å². The molecule has 3 atom stereocenters. The second-order valence-corrected chi connectivity index (χ2v) is 7.35. The van der Waals surface area contributed by atoms with Gasteiger partial charge in [-0.2, -0.15) is 0 Å². The van der Waals surface area contributed by atoms with Gasteiger partial charge in [-0.25, -0.2) is 0 Å². The van der Waals surface area contributed by atoms with Gasteiger partial charge in [-0.1, -0.05) is 6.92 Å². The number of rotatable bonds is 4. The maximum Gasteiger partial charge on any atom is 0.223 e. The maximum atomic E-state index is 12.3. The number of ether oxygens (including phenoxy) is 2. The van der Waals surface area contributed by atoms with Gasteiger partial charge in [-0.15, -0.1) is 0 Å². The van der Waals surface area contributed by atoms with Crippen LogP contribution < -0.4 is 5.32 Å². The Kier molecular flexibility index (Phi) is 5.91. The summed E-state index contributed by atoms with van der Waals surface area (Å²) in [4.78, 5) is 14.7. The quantitative estimate of drug-likeness (QED) is 0.782. The van der Waals surface area contributed by atoms with E-state index in [4.69, 9.17) is 9.47 Å². The number of carbonyl (C=O) groups excluding carboxylic acids is 1. The van der Waals surface area contributed by atoms with Crippen molar-refractivity contribution in [3.8, 4) is 0 Å². The molecule has 6 nitrogen and oxygen atoms in total. The zero-order valence-corrected chi connectivity index (χ0v) is 14.1. The smallest absolute Gasteiger partial charge is 0.223 e. The number of carbonyl (C=O) groups is 1. The number of aliphatic hydroxyl groups excluding tert-OH is 1. The zero-order valence-electron chi connectivity index (χ0n) is 14.1. The van der Waals surface area contributed by atoms with Crippen LogP contribution in [-0.4, -0.2) is 73.6 Å². The topological polar surface area (TPSA) is 71.0 Å². The van der Waals surface area contributed by atoms with Gasteiger partial charge in [0, 0.05) is 25.7 Å². The third kappa shape index (κ3) is 4.44. The fourth-order valence-corrected chi connectivity index (χ4v) is 3.73. The lowest BCUT2D eigenvalue weighted by molar-refractivity contribution is -0.129. The lowest BCUT2D eigenvalue weighted by atomic mass is 9.97. The Morgan fingerprint density at radius 2 is 1.91 bits per heavy atom. The van der Waals surface area contributed by atoms with E-state index in [1.54, 1.807) is 0 Å². The average molecular weight is 326 g/mol. The second kappa shape index (κ2) is 7.92. The summed E-state index contributed by atoms with van der Waals surface area (Å²) in [7, 11) is 0. The molecule has 3 aliphatic heterocycles. The number of nitrogens with zero attached hydrogens (tertiary/aromatic N) is 1. The maximum absolute atomic E-state index is 12.3. The molecular formula is C17H30N2O4. The van der Waals surface area contributed by atoms with Gasteiger partial charge in [0.15, 0.2) is 0 Å². The van der Waals surface area contributed by atoms with Crippen LogP contribution in [-0.2, 0) is 14.3 Å². The van der Waals surface area contributed by atoms with Crippen LogP contribution >= 0.6 is 0 Å². The molecule has 6 heteroatoms. The molecule has 2 N–H and O–H groups in total. The fourth-order valence-electron chi connectivity index (χ4n) is 3.73. The number of likely N-dealkylation sites (tertiary alicyclic amines) is 1. The molecule has 3 aliphatic rings. The standard InChI is InChI=1S/C17H30N2O4/c1-12-2-6-19(7-3-12)10-15-16(20)14(11-23-15)18-17(21)13-4-8-22-9-5-13/h12-16,20H,2-11H2,1H3,(H,18,21)/t14-,15-,16+/m0/s1. The van der Waals surface area contributed by atoms with Crippen molar-refractivity contribution in [1.82, 2.24) is 10.2 Å². The summed E-state index contributed by atoms with van der Waals surface area (Å²) < 4.78 is 11.1. The van der Waals surface area contributed by atoms with Crippen LogP contribution in [0.4, 0.5) is 0 Å². The molecular weight excluding hydrogens is 296 g/mol. The van der Waals surface area contributed by atoms with Crippen molar-refractivity contribution in [2.24, 2.45) is 11.8 Å². The summed E-state index contributed by atoms with van der Waals surface area (Å²) in [6.45, 7) is 6.91. The molecule has 0 aromatic heterocycles. The van der Waals surface area contributed by atoms with Crippen LogP contribution in [0, 0.1) is 11.8 Å². The lowest BCUT2D eigenvalue weighted by Gasteiger charge is -2.32. The van der Waals surface area contributed by atoms with Gasteiger partial charge >= 0.3 is 0 Å². The monoisotopic (exact) mass is 326 g/mol. The van der Waals surface area contributed by atoms with E-state index in [-0.39, 0.29) is 24.0 Å². The molecule has 0 aliphatic carbocycles. The van der Waals surface area contributed by atoms with Gasteiger partial charge in [-0.3, -0.25) is 4.79 Å². The number of hydrogen-bond donors (Lipinski definition) is 2. The van der Waals surface area contributed by atoms with Crippen LogP contribution in [0.3, 0.4) is 0 Å². The third-order valence-electron chi connectivity index (χ3n) is 5.52. The lowest BCUT2D eigenvalue weighted by Crippen LogP contribution is -2.49. The number of amides is 1.